The molecule has 0 N–H and O–H groups in total. The summed E-state index contributed by atoms with van der Waals surface area (Å²) in [7, 11) is 0. The normalized spacial score (nSPS) is 10.8. The summed E-state index contributed by atoms with van der Waals surface area (Å²) in [6, 6.07) is 4.13. The van der Waals surface area contributed by atoms with Crippen molar-refractivity contribution in [3.8, 4) is 5.75 Å². The van der Waals surface area contributed by atoms with E-state index in [1.165, 1.54) is 12.1 Å². The SMILES string of the molecule is CC(C)(C)COc1ccc(N=[N+]=[N-])cc1F. The van der Waals surface area contributed by atoms with Crippen molar-refractivity contribution >= 4 is 5.69 Å². The summed E-state index contributed by atoms with van der Waals surface area (Å²) in [6.07, 6.45) is 0. The number of halogens is 1. The van der Waals surface area contributed by atoms with Crippen LogP contribution in [0.4, 0.5) is 10.1 Å². The molecule has 0 unspecified atom stereocenters. The number of hydrogen-bond donors (Lipinski definition) is 0. The molecule has 0 heterocycles. The predicted molar refractivity (Wildman–Crippen MR) is 60.2 cm³/mol. The van der Waals surface area contributed by atoms with Crippen LogP contribution >= 0.6 is 0 Å². The first kappa shape index (κ1) is 12.3. The molecule has 0 aliphatic heterocycles. The highest BCUT2D eigenvalue weighted by atomic mass is 19.1. The highest BCUT2D eigenvalue weighted by molar-refractivity contribution is 5.42. The highest BCUT2D eigenvalue weighted by Crippen LogP contribution is 2.25. The minimum Gasteiger partial charge on any atom is -0.490 e. The van der Waals surface area contributed by atoms with Crippen LogP contribution in [0.2, 0.25) is 0 Å². The van der Waals surface area contributed by atoms with Gasteiger partial charge in [-0.3, -0.25) is 0 Å². The number of nitrogens with zero attached hydrogens (tertiary/aromatic N) is 3. The molecule has 1 aromatic rings. The molecule has 0 amide bonds. The third-order valence-corrected chi connectivity index (χ3v) is 1.74. The molecule has 0 spiro atoms. The van der Waals surface area contributed by atoms with Crippen molar-refractivity contribution in [3.63, 3.8) is 0 Å². The number of hydrogen-bond acceptors (Lipinski definition) is 2. The van der Waals surface area contributed by atoms with Gasteiger partial charge in [0.05, 0.1) is 6.61 Å². The Hall–Kier alpha value is -1.74. The number of azide groups is 1. The van der Waals surface area contributed by atoms with Crippen molar-refractivity contribution < 1.29 is 9.13 Å². The van der Waals surface area contributed by atoms with Gasteiger partial charge in [0.1, 0.15) is 0 Å². The average molecular weight is 223 g/mol. The van der Waals surface area contributed by atoms with E-state index >= 15 is 0 Å². The van der Waals surface area contributed by atoms with Gasteiger partial charge in [0.2, 0.25) is 0 Å². The predicted octanol–water partition coefficient (Wildman–Crippen LogP) is 4.19. The van der Waals surface area contributed by atoms with Crippen LogP contribution in [0, 0.1) is 11.2 Å². The van der Waals surface area contributed by atoms with Crippen molar-refractivity contribution in [3.05, 3.63) is 34.5 Å². The molecule has 0 aliphatic rings. The molecular formula is C11H14FN3O. The molecule has 0 atom stereocenters. The van der Waals surface area contributed by atoms with Crippen LogP contribution in [-0.2, 0) is 0 Å². The molecule has 0 saturated heterocycles. The maximum atomic E-state index is 13.4. The van der Waals surface area contributed by atoms with Crippen LogP contribution in [0.15, 0.2) is 23.3 Å². The van der Waals surface area contributed by atoms with Gasteiger partial charge in [-0.15, -0.1) is 0 Å². The zero-order chi connectivity index (χ0) is 12.2. The first-order chi connectivity index (χ1) is 7.42. The lowest BCUT2D eigenvalue weighted by molar-refractivity contribution is 0.191. The molecule has 0 aromatic heterocycles. The fraction of sp³-hybridized carbons (Fsp3) is 0.455. The molecule has 1 aromatic carbocycles. The van der Waals surface area contributed by atoms with Crippen molar-refractivity contribution in [2.24, 2.45) is 10.5 Å². The van der Waals surface area contributed by atoms with Gasteiger partial charge in [-0.05, 0) is 29.1 Å². The Morgan fingerprint density at radius 1 is 1.44 bits per heavy atom. The van der Waals surface area contributed by atoms with Crippen molar-refractivity contribution in [2.75, 3.05) is 6.61 Å². The smallest absolute Gasteiger partial charge is 0.165 e. The van der Waals surface area contributed by atoms with E-state index in [0.29, 0.717) is 6.61 Å². The minimum absolute atomic E-state index is 0.0318. The van der Waals surface area contributed by atoms with Gasteiger partial charge in [-0.1, -0.05) is 25.9 Å². The fourth-order valence-corrected chi connectivity index (χ4v) is 1.01. The van der Waals surface area contributed by atoms with E-state index in [-0.39, 0.29) is 16.9 Å². The van der Waals surface area contributed by atoms with Gasteiger partial charge in [0, 0.05) is 10.6 Å². The van der Waals surface area contributed by atoms with E-state index in [4.69, 9.17) is 10.3 Å². The summed E-state index contributed by atoms with van der Waals surface area (Å²) < 4.78 is 18.8. The molecule has 1 rings (SSSR count). The van der Waals surface area contributed by atoms with Crippen LogP contribution in [-0.4, -0.2) is 6.61 Å². The summed E-state index contributed by atoms with van der Waals surface area (Å²) in [6.45, 7) is 6.42. The van der Waals surface area contributed by atoms with E-state index in [2.05, 4.69) is 10.0 Å². The zero-order valence-electron chi connectivity index (χ0n) is 9.57. The van der Waals surface area contributed by atoms with Crippen LogP contribution in [0.5, 0.6) is 5.75 Å². The second-order valence-corrected chi connectivity index (χ2v) is 4.65. The molecule has 4 nitrogen and oxygen atoms in total. The minimum atomic E-state index is -0.519. The summed E-state index contributed by atoms with van der Waals surface area (Å²) >= 11 is 0. The largest absolute Gasteiger partial charge is 0.490 e. The number of ether oxygens (including phenoxy) is 1. The number of benzene rings is 1. The third kappa shape index (κ3) is 3.79. The first-order valence-corrected chi connectivity index (χ1v) is 4.90. The van der Waals surface area contributed by atoms with E-state index in [0.717, 1.165) is 6.07 Å². The van der Waals surface area contributed by atoms with E-state index in [9.17, 15) is 4.39 Å². The molecule has 0 saturated carbocycles. The number of rotatable bonds is 3. The maximum absolute atomic E-state index is 13.4. The Morgan fingerprint density at radius 2 is 2.12 bits per heavy atom. The second-order valence-electron chi connectivity index (χ2n) is 4.65. The molecule has 0 aliphatic carbocycles. The summed E-state index contributed by atoms with van der Waals surface area (Å²) in [5.74, 6) is -0.346. The van der Waals surface area contributed by atoms with Crippen molar-refractivity contribution in [1.29, 1.82) is 0 Å². The fourth-order valence-electron chi connectivity index (χ4n) is 1.01. The van der Waals surface area contributed by atoms with Gasteiger partial charge >= 0.3 is 0 Å². The Balaban J connectivity index is 2.79. The Kier molecular flexibility index (Phi) is 3.74. The average Bonchev–Trinajstić information content (AvgIpc) is 2.15. The van der Waals surface area contributed by atoms with Crippen LogP contribution in [0.25, 0.3) is 10.4 Å². The van der Waals surface area contributed by atoms with Crippen LogP contribution in [0.1, 0.15) is 20.8 Å². The molecule has 0 bridgehead atoms. The summed E-state index contributed by atoms with van der Waals surface area (Å²) in [4.78, 5) is 2.58. The summed E-state index contributed by atoms with van der Waals surface area (Å²) in [5, 5.41) is 3.30. The van der Waals surface area contributed by atoms with Crippen molar-refractivity contribution in [1.82, 2.24) is 0 Å². The van der Waals surface area contributed by atoms with Crippen LogP contribution in [0.3, 0.4) is 0 Å². The van der Waals surface area contributed by atoms with Gasteiger partial charge in [-0.2, -0.15) is 0 Å². The van der Waals surface area contributed by atoms with E-state index < -0.39 is 5.82 Å². The Bertz CT molecular complexity index is 420. The van der Waals surface area contributed by atoms with Crippen LogP contribution < -0.4 is 4.74 Å². The monoisotopic (exact) mass is 223 g/mol. The molecular weight excluding hydrogens is 209 g/mol. The standard InChI is InChI=1S/C11H14FN3O/c1-11(2,3)7-16-10-5-4-8(14-15-13)6-9(10)12/h4-6H,7H2,1-3H3. The maximum Gasteiger partial charge on any atom is 0.165 e. The van der Waals surface area contributed by atoms with Gasteiger partial charge in [0.25, 0.3) is 0 Å². The van der Waals surface area contributed by atoms with Gasteiger partial charge < -0.3 is 4.74 Å². The topological polar surface area (TPSA) is 58.0 Å². The zero-order valence-corrected chi connectivity index (χ0v) is 9.57. The second kappa shape index (κ2) is 4.86. The molecule has 86 valence electrons. The lowest BCUT2D eigenvalue weighted by atomic mass is 9.99. The lowest BCUT2D eigenvalue weighted by Gasteiger charge is -2.19. The molecule has 5 heteroatoms. The third-order valence-electron chi connectivity index (χ3n) is 1.74. The highest BCUT2D eigenvalue weighted by Gasteiger charge is 2.12. The Labute approximate surface area is 93.7 Å². The molecule has 16 heavy (non-hydrogen) atoms. The summed E-state index contributed by atoms with van der Waals surface area (Å²) in [5.41, 5.74) is 8.40. The lowest BCUT2D eigenvalue weighted by Crippen LogP contribution is -2.17. The quantitative estimate of drug-likeness (QED) is 0.430. The van der Waals surface area contributed by atoms with E-state index in [1.807, 2.05) is 20.8 Å². The molecule has 0 fully saturated rings. The van der Waals surface area contributed by atoms with Crippen molar-refractivity contribution in [2.45, 2.75) is 20.8 Å². The first-order valence-electron chi connectivity index (χ1n) is 4.90. The van der Waals surface area contributed by atoms with Gasteiger partial charge in [0.15, 0.2) is 11.6 Å². The molecule has 0 radical (unpaired) electrons. The van der Waals surface area contributed by atoms with E-state index in [1.54, 1.807) is 0 Å². The Morgan fingerprint density at radius 3 is 2.62 bits per heavy atom. The van der Waals surface area contributed by atoms with Gasteiger partial charge in [-0.25, -0.2) is 4.39 Å².